The minimum absolute atomic E-state index is 0.0796. The Bertz CT molecular complexity index is 777. The van der Waals surface area contributed by atoms with Crippen LogP contribution >= 0.6 is 15.9 Å². The van der Waals surface area contributed by atoms with E-state index in [1.807, 2.05) is 0 Å². The van der Waals surface area contributed by atoms with Gasteiger partial charge in [-0.1, -0.05) is 15.9 Å². The summed E-state index contributed by atoms with van der Waals surface area (Å²) in [5, 5.41) is 13.7. The average Bonchev–Trinajstić information content (AvgIpc) is 2.57. The maximum absolute atomic E-state index is 12.1. The molecule has 2 aromatic rings. The number of anilines is 1. The second-order valence-electron chi connectivity index (χ2n) is 4.86. The van der Waals surface area contributed by atoms with Crippen molar-refractivity contribution < 1.29 is 19.2 Å². The quantitative estimate of drug-likeness (QED) is 0.460. The monoisotopic (exact) mass is 392 g/mol. The van der Waals surface area contributed by atoms with Gasteiger partial charge in [0, 0.05) is 21.8 Å². The number of carbonyl (C=O) groups excluding carboxylic acids is 2. The molecule has 0 saturated heterocycles. The molecule has 124 valence electrons. The zero-order chi connectivity index (χ0) is 17.7. The summed E-state index contributed by atoms with van der Waals surface area (Å²) in [6.07, 6.45) is -0.463. The Labute approximate surface area is 145 Å². The number of nitrogens with zero attached hydrogens (tertiary/aromatic N) is 1. The van der Waals surface area contributed by atoms with Gasteiger partial charge in [-0.05, 0) is 43.3 Å². The van der Waals surface area contributed by atoms with Crippen molar-refractivity contribution in [3.8, 4) is 5.75 Å². The van der Waals surface area contributed by atoms with Gasteiger partial charge in [-0.15, -0.1) is 0 Å². The lowest BCUT2D eigenvalue weighted by molar-refractivity contribution is -0.386. The largest absolute Gasteiger partial charge is 0.474 e. The van der Waals surface area contributed by atoms with Gasteiger partial charge in [0.25, 0.3) is 5.91 Å². The maximum Gasteiger partial charge on any atom is 0.311 e. The Kier molecular flexibility index (Phi) is 5.64. The predicted octanol–water partition coefficient (Wildman–Crippen LogP) is 3.58. The fraction of sp³-hybridized carbons (Fsp3) is 0.125. The fourth-order valence-electron chi connectivity index (χ4n) is 1.87. The summed E-state index contributed by atoms with van der Waals surface area (Å²) in [5.41, 5.74) is 0.355. The van der Waals surface area contributed by atoms with Crippen LogP contribution in [0, 0.1) is 10.1 Å². The number of carbonyl (C=O) groups is 2. The number of halogens is 1. The van der Waals surface area contributed by atoms with Crippen LogP contribution in [0.1, 0.15) is 17.3 Å². The number of nitro groups is 1. The molecule has 0 fully saturated rings. The maximum atomic E-state index is 12.1. The number of hydrogen-bond acceptors (Lipinski definition) is 5. The van der Waals surface area contributed by atoms with E-state index in [2.05, 4.69) is 21.2 Å². The minimum atomic E-state index is -0.963. The van der Waals surface area contributed by atoms with E-state index in [1.54, 1.807) is 24.3 Å². The molecule has 0 spiro atoms. The normalized spacial score (nSPS) is 11.4. The second-order valence-corrected chi connectivity index (χ2v) is 5.77. The van der Waals surface area contributed by atoms with Crippen LogP contribution < -0.4 is 10.1 Å². The molecule has 24 heavy (non-hydrogen) atoms. The summed E-state index contributed by atoms with van der Waals surface area (Å²) < 4.78 is 6.26. The van der Waals surface area contributed by atoms with Gasteiger partial charge in [0.2, 0.25) is 0 Å². The third-order valence-electron chi connectivity index (χ3n) is 3.10. The first kappa shape index (κ1) is 17.6. The van der Waals surface area contributed by atoms with Crippen LogP contribution in [0.25, 0.3) is 0 Å². The fourth-order valence-corrected chi connectivity index (χ4v) is 2.14. The van der Waals surface area contributed by atoms with Crippen molar-refractivity contribution >= 4 is 39.5 Å². The van der Waals surface area contributed by atoms with E-state index in [0.29, 0.717) is 12.0 Å². The molecule has 0 unspecified atom stereocenters. The Morgan fingerprint density at radius 2 is 1.96 bits per heavy atom. The van der Waals surface area contributed by atoms with Crippen LogP contribution in [0.2, 0.25) is 0 Å². The van der Waals surface area contributed by atoms with E-state index in [1.165, 1.54) is 19.1 Å². The van der Waals surface area contributed by atoms with Crippen molar-refractivity contribution in [1.82, 2.24) is 0 Å². The number of nitrogens with one attached hydrogen (secondary N) is 1. The number of hydrogen-bond donors (Lipinski definition) is 1. The van der Waals surface area contributed by atoms with Crippen LogP contribution in [0.15, 0.2) is 46.9 Å². The lowest BCUT2D eigenvalue weighted by Gasteiger charge is -2.15. The second kappa shape index (κ2) is 7.69. The van der Waals surface area contributed by atoms with Crippen molar-refractivity contribution in [3.05, 3.63) is 62.6 Å². The molecule has 1 N–H and O–H groups in total. The van der Waals surface area contributed by atoms with Crippen LogP contribution in [0.4, 0.5) is 11.4 Å². The Morgan fingerprint density at radius 3 is 2.54 bits per heavy atom. The van der Waals surface area contributed by atoms with Gasteiger partial charge in [0.15, 0.2) is 11.9 Å². The van der Waals surface area contributed by atoms with Gasteiger partial charge in [-0.3, -0.25) is 19.7 Å². The summed E-state index contributed by atoms with van der Waals surface area (Å²) in [6, 6.07) is 10.7. The van der Waals surface area contributed by atoms with E-state index in [-0.39, 0.29) is 17.0 Å². The lowest BCUT2D eigenvalue weighted by atomic mass is 10.2. The Hall–Kier alpha value is -2.74. The highest BCUT2D eigenvalue weighted by Gasteiger charge is 2.21. The number of amides is 1. The lowest BCUT2D eigenvalue weighted by Crippen LogP contribution is -2.30. The van der Waals surface area contributed by atoms with Gasteiger partial charge in [0.05, 0.1) is 4.92 Å². The molecule has 1 amide bonds. The van der Waals surface area contributed by atoms with Crippen LogP contribution in [-0.2, 0) is 4.79 Å². The third kappa shape index (κ3) is 4.39. The number of aldehydes is 1. The van der Waals surface area contributed by atoms with Crippen molar-refractivity contribution in [2.24, 2.45) is 0 Å². The summed E-state index contributed by atoms with van der Waals surface area (Å²) in [6.45, 7) is 1.48. The van der Waals surface area contributed by atoms with E-state index in [0.717, 1.165) is 10.5 Å². The zero-order valence-corrected chi connectivity index (χ0v) is 14.1. The molecule has 0 aliphatic rings. The molecule has 0 aliphatic heterocycles. The molecule has 2 aromatic carbocycles. The molecule has 0 radical (unpaired) electrons. The van der Waals surface area contributed by atoms with E-state index < -0.39 is 16.9 Å². The van der Waals surface area contributed by atoms with Gasteiger partial charge in [-0.2, -0.15) is 0 Å². The molecule has 1 atom stereocenters. The molecule has 8 heteroatoms. The van der Waals surface area contributed by atoms with Crippen LogP contribution in [0.5, 0.6) is 5.75 Å². The smallest absolute Gasteiger partial charge is 0.311 e. The molecule has 2 rings (SSSR count). The average molecular weight is 393 g/mol. The summed E-state index contributed by atoms with van der Waals surface area (Å²) in [4.78, 5) is 33.3. The molecule has 0 saturated carbocycles. The standard InChI is InChI=1S/C16H13BrN2O5/c1-10(16(21)18-13-5-3-12(17)4-6-13)24-15-7-2-11(9-20)8-14(15)19(22)23/h2-10H,1H3,(H,18,21)/t10-/m0/s1. The highest BCUT2D eigenvalue weighted by Crippen LogP contribution is 2.28. The van der Waals surface area contributed by atoms with E-state index >= 15 is 0 Å². The van der Waals surface area contributed by atoms with E-state index in [4.69, 9.17) is 4.74 Å². The number of rotatable bonds is 6. The highest BCUT2D eigenvalue weighted by molar-refractivity contribution is 9.10. The molecule has 7 nitrogen and oxygen atoms in total. The van der Waals surface area contributed by atoms with Gasteiger partial charge < -0.3 is 10.1 Å². The SMILES string of the molecule is C[C@H](Oc1ccc(C=O)cc1[N+](=O)[O-])C(=O)Nc1ccc(Br)cc1. The van der Waals surface area contributed by atoms with Crippen molar-refractivity contribution in [2.45, 2.75) is 13.0 Å². The van der Waals surface area contributed by atoms with Gasteiger partial charge >= 0.3 is 5.69 Å². The predicted molar refractivity (Wildman–Crippen MR) is 91.3 cm³/mol. The number of benzene rings is 2. The third-order valence-corrected chi connectivity index (χ3v) is 3.63. The molecular weight excluding hydrogens is 380 g/mol. The van der Waals surface area contributed by atoms with Gasteiger partial charge in [0.1, 0.15) is 6.29 Å². The Balaban J connectivity index is 2.12. The molecule has 0 bridgehead atoms. The summed E-state index contributed by atoms with van der Waals surface area (Å²) in [5.74, 6) is -0.532. The van der Waals surface area contributed by atoms with Crippen LogP contribution in [0.3, 0.4) is 0 Å². The molecule has 0 aliphatic carbocycles. The van der Waals surface area contributed by atoms with Gasteiger partial charge in [-0.25, -0.2) is 0 Å². The molecular formula is C16H13BrN2O5. The van der Waals surface area contributed by atoms with Crippen molar-refractivity contribution in [3.63, 3.8) is 0 Å². The molecule has 0 aromatic heterocycles. The zero-order valence-electron chi connectivity index (χ0n) is 12.6. The van der Waals surface area contributed by atoms with Crippen molar-refractivity contribution in [1.29, 1.82) is 0 Å². The summed E-state index contributed by atoms with van der Waals surface area (Å²) >= 11 is 3.29. The van der Waals surface area contributed by atoms with E-state index in [9.17, 15) is 19.7 Å². The first-order chi connectivity index (χ1) is 11.4. The topological polar surface area (TPSA) is 98.5 Å². The van der Waals surface area contributed by atoms with Crippen molar-refractivity contribution in [2.75, 3.05) is 5.32 Å². The highest BCUT2D eigenvalue weighted by atomic mass is 79.9. The number of ether oxygens (including phenoxy) is 1. The minimum Gasteiger partial charge on any atom is -0.474 e. The first-order valence-electron chi connectivity index (χ1n) is 6.87. The first-order valence-corrected chi connectivity index (χ1v) is 7.66. The molecule has 0 heterocycles. The number of nitro benzene ring substituents is 1. The summed E-state index contributed by atoms with van der Waals surface area (Å²) in [7, 11) is 0. The van der Waals surface area contributed by atoms with Crippen LogP contribution in [-0.4, -0.2) is 23.2 Å². The Morgan fingerprint density at radius 1 is 1.29 bits per heavy atom.